The molecule has 0 bridgehead atoms. The zero-order valence-electron chi connectivity index (χ0n) is 9.92. The molecule has 2 rings (SSSR count). The maximum Gasteiger partial charge on any atom is 0.227 e. The van der Waals surface area contributed by atoms with Crippen LogP contribution in [0, 0.1) is 18.7 Å². The van der Waals surface area contributed by atoms with Crippen LogP contribution in [0.4, 0.5) is 10.1 Å². The quantitative estimate of drug-likeness (QED) is 0.825. The molecule has 1 aliphatic heterocycles. The summed E-state index contributed by atoms with van der Waals surface area (Å²) in [4.78, 5) is 11.9. The maximum absolute atomic E-state index is 13.3. The number of amides is 1. The number of benzene rings is 1. The number of nitrogens with one attached hydrogen (secondary N) is 2. The van der Waals surface area contributed by atoms with Crippen molar-refractivity contribution in [1.82, 2.24) is 5.32 Å². The van der Waals surface area contributed by atoms with Gasteiger partial charge in [0.2, 0.25) is 5.91 Å². The van der Waals surface area contributed by atoms with Gasteiger partial charge in [-0.15, -0.1) is 0 Å². The Hall–Kier alpha value is -1.42. The average Bonchev–Trinajstić information content (AvgIpc) is 2.35. The van der Waals surface area contributed by atoms with Gasteiger partial charge in [0, 0.05) is 11.6 Å². The van der Waals surface area contributed by atoms with Crippen molar-refractivity contribution in [3.8, 4) is 0 Å². The third-order valence-electron chi connectivity index (χ3n) is 3.15. The summed E-state index contributed by atoms with van der Waals surface area (Å²) in [6.07, 6.45) is 1.69. The molecule has 0 spiro atoms. The van der Waals surface area contributed by atoms with E-state index in [1.165, 1.54) is 6.07 Å². The normalized spacial score (nSPS) is 16.8. The average molecular weight is 236 g/mol. The number of hydrogen-bond donors (Lipinski definition) is 2. The molecule has 2 N–H and O–H groups in total. The van der Waals surface area contributed by atoms with Crippen molar-refractivity contribution in [3.63, 3.8) is 0 Å². The van der Waals surface area contributed by atoms with Crippen molar-refractivity contribution in [3.05, 3.63) is 29.6 Å². The lowest BCUT2D eigenvalue weighted by atomic mass is 9.97. The molecule has 0 atom stereocenters. The Balaban J connectivity index is 1.99. The number of hydrogen-bond acceptors (Lipinski definition) is 2. The molecule has 92 valence electrons. The minimum absolute atomic E-state index is 0.00486. The van der Waals surface area contributed by atoms with E-state index in [1.54, 1.807) is 19.1 Å². The lowest BCUT2D eigenvalue weighted by Crippen LogP contribution is -2.34. The minimum atomic E-state index is -0.284. The fourth-order valence-corrected chi connectivity index (χ4v) is 2.00. The first-order valence-corrected chi connectivity index (χ1v) is 5.94. The highest BCUT2D eigenvalue weighted by Gasteiger charge is 2.20. The van der Waals surface area contributed by atoms with Crippen LogP contribution < -0.4 is 10.6 Å². The second kappa shape index (κ2) is 5.27. The van der Waals surface area contributed by atoms with Crippen LogP contribution >= 0.6 is 0 Å². The zero-order chi connectivity index (χ0) is 12.3. The molecule has 3 nitrogen and oxygen atoms in total. The summed E-state index contributed by atoms with van der Waals surface area (Å²) in [6, 6.07) is 4.78. The lowest BCUT2D eigenvalue weighted by Gasteiger charge is -2.21. The standard InChI is InChI=1S/C13H17FN2O/c1-9-2-3-11(8-12(9)14)16-13(17)10-4-6-15-7-5-10/h2-3,8,10,15H,4-7H2,1H3,(H,16,17). The molecule has 1 amide bonds. The predicted molar refractivity (Wildman–Crippen MR) is 65.4 cm³/mol. The molecule has 1 fully saturated rings. The van der Waals surface area contributed by atoms with Crippen LogP contribution in [0.25, 0.3) is 0 Å². The smallest absolute Gasteiger partial charge is 0.227 e. The predicted octanol–water partition coefficient (Wildman–Crippen LogP) is 2.07. The van der Waals surface area contributed by atoms with Crippen molar-refractivity contribution in [2.45, 2.75) is 19.8 Å². The Morgan fingerprint density at radius 1 is 1.41 bits per heavy atom. The molecule has 4 heteroatoms. The number of rotatable bonds is 2. The largest absolute Gasteiger partial charge is 0.326 e. The molecule has 0 unspecified atom stereocenters. The van der Waals surface area contributed by atoms with Crippen molar-refractivity contribution < 1.29 is 9.18 Å². The Kier molecular flexibility index (Phi) is 3.74. The number of carbonyl (C=O) groups excluding carboxylic acids is 1. The third-order valence-corrected chi connectivity index (χ3v) is 3.15. The molecule has 0 aromatic heterocycles. The number of halogens is 1. The van der Waals surface area contributed by atoms with Crippen LogP contribution in [0.2, 0.25) is 0 Å². The first-order chi connectivity index (χ1) is 8.16. The second-order valence-corrected chi connectivity index (χ2v) is 4.48. The number of piperidine rings is 1. The summed E-state index contributed by atoms with van der Waals surface area (Å²) >= 11 is 0. The fraction of sp³-hybridized carbons (Fsp3) is 0.462. The van der Waals surface area contributed by atoms with E-state index in [9.17, 15) is 9.18 Å². The van der Waals surface area contributed by atoms with E-state index in [0.717, 1.165) is 25.9 Å². The SMILES string of the molecule is Cc1ccc(NC(=O)C2CCNCC2)cc1F. The van der Waals surface area contributed by atoms with Gasteiger partial charge in [0.25, 0.3) is 0 Å². The van der Waals surface area contributed by atoms with Crippen molar-refractivity contribution in [2.75, 3.05) is 18.4 Å². The summed E-state index contributed by atoms with van der Waals surface area (Å²) in [5.74, 6) is -0.247. The number of carbonyl (C=O) groups is 1. The van der Waals surface area contributed by atoms with E-state index in [-0.39, 0.29) is 17.6 Å². The van der Waals surface area contributed by atoms with E-state index in [1.807, 2.05) is 0 Å². The first-order valence-electron chi connectivity index (χ1n) is 5.94. The molecule has 0 saturated carbocycles. The van der Waals surface area contributed by atoms with Gasteiger partial charge in [-0.2, -0.15) is 0 Å². The van der Waals surface area contributed by atoms with Crippen LogP contribution in [0.5, 0.6) is 0 Å². The molecule has 17 heavy (non-hydrogen) atoms. The number of aryl methyl sites for hydroxylation is 1. The van der Waals surface area contributed by atoms with Crippen LogP contribution in [0.15, 0.2) is 18.2 Å². The van der Waals surface area contributed by atoms with Gasteiger partial charge < -0.3 is 10.6 Å². The highest BCUT2D eigenvalue weighted by Crippen LogP contribution is 2.17. The summed E-state index contributed by atoms with van der Waals surface area (Å²) in [7, 11) is 0. The van der Waals surface area contributed by atoms with E-state index < -0.39 is 0 Å². The van der Waals surface area contributed by atoms with Crippen molar-refractivity contribution in [1.29, 1.82) is 0 Å². The molecule has 0 aliphatic carbocycles. The van der Waals surface area contributed by atoms with Gasteiger partial charge in [0.15, 0.2) is 0 Å². The fourth-order valence-electron chi connectivity index (χ4n) is 2.00. The third kappa shape index (κ3) is 3.03. The summed E-state index contributed by atoms with van der Waals surface area (Å²) in [5, 5.41) is 5.98. The Morgan fingerprint density at radius 2 is 2.12 bits per heavy atom. The molecular weight excluding hydrogens is 219 g/mol. The lowest BCUT2D eigenvalue weighted by molar-refractivity contribution is -0.120. The van der Waals surface area contributed by atoms with E-state index in [4.69, 9.17) is 0 Å². The van der Waals surface area contributed by atoms with Gasteiger partial charge >= 0.3 is 0 Å². The minimum Gasteiger partial charge on any atom is -0.326 e. The molecule has 1 heterocycles. The van der Waals surface area contributed by atoms with Gasteiger partial charge in [-0.3, -0.25) is 4.79 Å². The first kappa shape index (κ1) is 12.0. The summed E-state index contributed by atoms with van der Waals surface area (Å²) in [6.45, 7) is 3.45. The highest BCUT2D eigenvalue weighted by molar-refractivity contribution is 5.92. The second-order valence-electron chi connectivity index (χ2n) is 4.48. The van der Waals surface area contributed by atoms with Crippen molar-refractivity contribution in [2.24, 2.45) is 5.92 Å². The zero-order valence-corrected chi connectivity index (χ0v) is 9.92. The monoisotopic (exact) mass is 236 g/mol. The molecule has 1 aliphatic rings. The van der Waals surface area contributed by atoms with Crippen LogP contribution in [-0.4, -0.2) is 19.0 Å². The highest BCUT2D eigenvalue weighted by atomic mass is 19.1. The van der Waals surface area contributed by atoms with Crippen LogP contribution in [-0.2, 0) is 4.79 Å². The van der Waals surface area contributed by atoms with E-state index in [2.05, 4.69) is 10.6 Å². The Bertz CT molecular complexity index is 414. The van der Waals surface area contributed by atoms with E-state index >= 15 is 0 Å². The van der Waals surface area contributed by atoms with Crippen LogP contribution in [0.3, 0.4) is 0 Å². The molecule has 1 aromatic carbocycles. The Morgan fingerprint density at radius 3 is 2.76 bits per heavy atom. The number of anilines is 1. The molecule has 1 aromatic rings. The molecule has 0 radical (unpaired) electrons. The van der Waals surface area contributed by atoms with Crippen LogP contribution in [0.1, 0.15) is 18.4 Å². The summed E-state index contributed by atoms with van der Waals surface area (Å²) in [5.41, 5.74) is 1.13. The van der Waals surface area contributed by atoms with Gasteiger partial charge in [-0.05, 0) is 50.6 Å². The van der Waals surface area contributed by atoms with Gasteiger partial charge in [0.05, 0.1) is 0 Å². The Labute approximate surface area is 100 Å². The summed E-state index contributed by atoms with van der Waals surface area (Å²) < 4.78 is 13.3. The topological polar surface area (TPSA) is 41.1 Å². The molecular formula is C13H17FN2O. The van der Waals surface area contributed by atoms with E-state index in [0.29, 0.717) is 11.3 Å². The maximum atomic E-state index is 13.3. The van der Waals surface area contributed by atoms with Gasteiger partial charge in [-0.25, -0.2) is 4.39 Å². The van der Waals surface area contributed by atoms with Gasteiger partial charge in [0.1, 0.15) is 5.82 Å². The van der Waals surface area contributed by atoms with Gasteiger partial charge in [-0.1, -0.05) is 6.07 Å². The molecule has 1 saturated heterocycles. The van der Waals surface area contributed by atoms with Crippen molar-refractivity contribution >= 4 is 11.6 Å².